The van der Waals surface area contributed by atoms with E-state index in [1.165, 1.54) is 5.56 Å². The maximum Gasteiger partial charge on any atom is 0.139 e. The average Bonchev–Trinajstić information content (AvgIpc) is 2.46. The molecule has 70 valence electrons. The molecule has 3 nitrogen and oxygen atoms in total. The van der Waals surface area contributed by atoms with Gasteiger partial charge < -0.3 is 0 Å². The zero-order chi connectivity index (χ0) is 9.42. The third-order valence-electron chi connectivity index (χ3n) is 2.51. The lowest BCUT2D eigenvalue weighted by Gasteiger charge is -2.15. The molecule has 1 aliphatic rings. The fourth-order valence-corrected chi connectivity index (χ4v) is 1.82. The van der Waals surface area contributed by atoms with Gasteiger partial charge in [0.15, 0.2) is 0 Å². The maximum absolute atomic E-state index is 11.3. The zero-order valence-electron chi connectivity index (χ0n) is 8.08. The molecule has 0 N–H and O–H groups in total. The van der Waals surface area contributed by atoms with Crippen molar-refractivity contribution in [2.75, 3.05) is 0 Å². The van der Waals surface area contributed by atoms with Gasteiger partial charge in [-0.1, -0.05) is 0 Å². The van der Waals surface area contributed by atoms with Gasteiger partial charge in [-0.2, -0.15) is 5.10 Å². The fourth-order valence-electron chi connectivity index (χ4n) is 1.82. The molecule has 13 heavy (non-hydrogen) atoms. The molecule has 0 aromatic carbocycles. The van der Waals surface area contributed by atoms with Crippen LogP contribution in [0.5, 0.6) is 0 Å². The lowest BCUT2D eigenvalue weighted by molar-refractivity contribution is -0.118. The average molecular weight is 178 g/mol. The van der Waals surface area contributed by atoms with Crippen molar-refractivity contribution in [1.82, 2.24) is 9.78 Å². The Morgan fingerprint density at radius 1 is 1.46 bits per heavy atom. The van der Waals surface area contributed by atoms with E-state index >= 15 is 0 Å². The number of Topliss-reactive ketones (excluding diaryl/α,β-unsaturated/α-hetero) is 1. The Morgan fingerprint density at radius 3 is 2.92 bits per heavy atom. The van der Waals surface area contributed by atoms with Crippen LogP contribution in [0.1, 0.15) is 37.6 Å². The number of nitrogens with zero attached hydrogens (tertiary/aromatic N) is 2. The number of aromatic nitrogens is 2. The van der Waals surface area contributed by atoms with Crippen LogP contribution in [0.25, 0.3) is 0 Å². The molecule has 0 unspecified atom stereocenters. The van der Waals surface area contributed by atoms with E-state index in [-0.39, 0.29) is 0 Å². The van der Waals surface area contributed by atoms with Gasteiger partial charge in [-0.3, -0.25) is 9.48 Å². The van der Waals surface area contributed by atoms with Crippen molar-refractivity contribution in [3.8, 4) is 0 Å². The molecule has 2 rings (SSSR count). The number of hydrogen-bond donors (Lipinski definition) is 0. The van der Waals surface area contributed by atoms with Crippen LogP contribution in [0.15, 0.2) is 6.20 Å². The number of carbonyl (C=O) groups excluding carboxylic acids is 1. The van der Waals surface area contributed by atoms with E-state index in [4.69, 9.17) is 0 Å². The second-order valence-corrected chi connectivity index (χ2v) is 3.87. The summed E-state index contributed by atoms with van der Waals surface area (Å²) in [6.07, 6.45) is 4.05. The molecular weight excluding hydrogens is 164 g/mol. The summed E-state index contributed by atoms with van der Waals surface area (Å²) < 4.78 is 1.96. The van der Waals surface area contributed by atoms with Crippen molar-refractivity contribution in [3.63, 3.8) is 0 Å². The summed E-state index contributed by atoms with van der Waals surface area (Å²) in [5.41, 5.74) is 2.39. The third-order valence-corrected chi connectivity index (χ3v) is 2.51. The van der Waals surface area contributed by atoms with Crippen LogP contribution in [0, 0.1) is 0 Å². The number of rotatable bonds is 1. The summed E-state index contributed by atoms with van der Waals surface area (Å²) in [5.74, 6) is 0.343. The molecular formula is C10H14N2O. The first-order valence-corrected chi connectivity index (χ1v) is 4.75. The van der Waals surface area contributed by atoms with Crippen LogP contribution in [-0.4, -0.2) is 15.6 Å². The molecule has 0 saturated carbocycles. The van der Waals surface area contributed by atoms with Crippen LogP contribution in [0.4, 0.5) is 0 Å². The molecule has 0 aliphatic heterocycles. The molecule has 3 heteroatoms. The second kappa shape index (κ2) is 2.98. The Hall–Kier alpha value is -1.12. The van der Waals surface area contributed by atoms with E-state index in [1.807, 2.05) is 10.9 Å². The highest BCUT2D eigenvalue weighted by atomic mass is 16.1. The summed E-state index contributed by atoms with van der Waals surface area (Å²) in [4.78, 5) is 11.3. The molecule has 0 spiro atoms. The van der Waals surface area contributed by atoms with E-state index in [9.17, 15) is 4.79 Å². The van der Waals surface area contributed by atoms with Crippen LogP contribution >= 0.6 is 0 Å². The first-order valence-electron chi connectivity index (χ1n) is 4.75. The van der Waals surface area contributed by atoms with Gasteiger partial charge in [0, 0.05) is 24.6 Å². The highest BCUT2D eigenvalue weighted by Crippen LogP contribution is 2.21. The quantitative estimate of drug-likeness (QED) is 0.653. The van der Waals surface area contributed by atoms with Crippen LogP contribution < -0.4 is 0 Å². The van der Waals surface area contributed by atoms with Gasteiger partial charge in [0.25, 0.3) is 0 Å². The van der Waals surface area contributed by atoms with E-state index in [0.29, 0.717) is 24.7 Å². The second-order valence-electron chi connectivity index (χ2n) is 3.87. The number of carbonyl (C=O) groups is 1. The van der Waals surface area contributed by atoms with Gasteiger partial charge >= 0.3 is 0 Å². The number of ketones is 1. The Balaban J connectivity index is 2.41. The SMILES string of the molecule is CC(C)n1ncc2c1CC(=O)CC2. The summed E-state index contributed by atoms with van der Waals surface area (Å²) in [6.45, 7) is 4.18. The predicted octanol–water partition coefficient (Wildman–Crippen LogP) is 1.52. The summed E-state index contributed by atoms with van der Waals surface area (Å²) in [7, 11) is 0. The van der Waals surface area contributed by atoms with Gasteiger partial charge in [0.1, 0.15) is 5.78 Å². The zero-order valence-corrected chi connectivity index (χ0v) is 8.08. The highest BCUT2D eigenvalue weighted by Gasteiger charge is 2.20. The van der Waals surface area contributed by atoms with Crippen molar-refractivity contribution in [1.29, 1.82) is 0 Å². The van der Waals surface area contributed by atoms with Crippen molar-refractivity contribution in [2.24, 2.45) is 0 Å². The predicted molar refractivity (Wildman–Crippen MR) is 49.6 cm³/mol. The van der Waals surface area contributed by atoms with Gasteiger partial charge in [0.2, 0.25) is 0 Å². The lowest BCUT2D eigenvalue weighted by Crippen LogP contribution is -2.17. The first kappa shape index (κ1) is 8.48. The normalized spacial score (nSPS) is 16.4. The number of hydrogen-bond acceptors (Lipinski definition) is 2. The van der Waals surface area contributed by atoms with Crippen molar-refractivity contribution >= 4 is 5.78 Å². The minimum atomic E-state index is 0.343. The van der Waals surface area contributed by atoms with Gasteiger partial charge in [-0.25, -0.2) is 0 Å². The minimum absolute atomic E-state index is 0.343. The van der Waals surface area contributed by atoms with E-state index in [2.05, 4.69) is 18.9 Å². The molecule has 1 aliphatic carbocycles. The van der Waals surface area contributed by atoms with Crippen molar-refractivity contribution in [2.45, 2.75) is 39.2 Å². The van der Waals surface area contributed by atoms with E-state index < -0.39 is 0 Å². The monoisotopic (exact) mass is 178 g/mol. The number of aryl methyl sites for hydroxylation is 1. The topological polar surface area (TPSA) is 34.9 Å². The van der Waals surface area contributed by atoms with Gasteiger partial charge in [0.05, 0.1) is 6.20 Å². The van der Waals surface area contributed by atoms with E-state index in [0.717, 1.165) is 12.1 Å². The van der Waals surface area contributed by atoms with Crippen LogP contribution in [-0.2, 0) is 17.6 Å². The summed E-state index contributed by atoms with van der Waals surface area (Å²) >= 11 is 0. The molecule has 1 aromatic heterocycles. The fraction of sp³-hybridized carbons (Fsp3) is 0.600. The highest BCUT2D eigenvalue weighted by molar-refractivity contribution is 5.82. The van der Waals surface area contributed by atoms with E-state index in [1.54, 1.807) is 0 Å². The Kier molecular flexibility index (Phi) is 1.94. The van der Waals surface area contributed by atoms with Crippen molar-refractivity contribution in [3.05, 3.63) is 17.5 Å². The van der Waals surface area contributed by atoms with Crippen molar-refractivity contribution < 1.29 is 4.79 Å². The molecule has 0 radical (unpaired) electrons. The molecule has 0 fully saturated rings. The minimum Gasteiger partial charge on any atom is -0.299 e. The first-order chi connectivity index (χ1) is 6.18. The molecule has 0 amide bonds. The summed E-state index contributed by atoms with van der Waals surface area (Å²) in [5, 5.41) is 4.30. The maximum atomic E-state index is 11.3. The third kappa shape index (κ3) is 1.39. The van der Waals surface area contributed by atoms with Crippen LogP contribution in [0.3, 0.4) is 0 Å². The molecule has 0 bridgehead atoms. The summed E-state index contributed by atoms with van der Waals surface area (Å²) in [6, 6.07) is 0.356. The smallest absolute Gasteiger partial charge is 0.139 e. The Morgan fingerprint density at radius 2 is 2.23 bits per heavy atom. The molecule has 1 aromatic rings. The molecule has 0 saturated heterocycles. The Bertz CT molecular complexity index is 339. The van der Waals surface area contributed by atoms with Gasteiger partial charge in [-0.05, 0) is 25.8 Å². The van der Waals surface area contributed by atoms with Crippen LogP contribution in [0.2, 0.25) is 0 Å². The molecule has 0 atom stereocenters. The Labute approximate surface area is 77.7 Å². The lowest BCUT2D eigenvalue weighted by atomic mass is 9.97. The standard InChI is InChI=1S/C10H14N2O/c1-7(2)12-10-5-9(13)4-3-8(10)6-11-12/h6-7H,3-5H2,1-2H3. The van der Waals surface area contributed by atoms with Gasteiger partial charge in [-0.15, -0.1) is 0 Å². The number of fused-ring (bicyclic) bond motifs is 1. The largest absolute Gasteiger partial charge is 0.299 e. The molecule has 1 heterocycles.